The minimum atomic E-state index is 0.566. The zero-order valence-corrected chi connectivity index (χ0v) is 13.8. The number of nitrogens with zero attached hydrogens (tertiary/aromatic N) is 4. The van der Waals surface area contributed by atoms with E-state index in [4.69, 9.17) is 9.26 Å². The third kappa shape index (κ3) is 4.06. The Morgan fingerprint density at radius 1 is 1.27 bits per heavy atom. The summed E-state index contributed by atoms with van der Waals surface area (Å²) in [5.41, 5.74) is 0. The summed E-state index contributed by atoms with van der Waals surface area (Å²) < 4.78 is 10.9. The highest BCUT2D eigenvalue weighted by Crippen LogP contribution is 2.38. The van der Waals surface area contributed by atoms with Gasteiger partial charge < -0.3 is 9.26 Å². The van der Waals surface area contributed by atoms with Crippen molar-refractivity contribution in [3.05, 3.63) is 11.7 Å². The van der Waals surface area contributed by atoms with Gasteiger partial charge in [-0.3, -0.25) is 9.80 Å². The summed E-state index contributed by atoms with van der Waals surface area (Å²) in [5.74, 6) is 2.26. The topological polar surface area (TPSA) is 54.6 Å². The molecule has 6 nitrogen and oxygen atoms in total. The van der Waals surface area contributed by atoms with Gasteiger partial charge in [-0.2, -0.15) is 4.98 Å². The Balaban J connectivity index is 1.48. The van der Waals surface area contributed by atoms with Crippen LogP contribution in [0.3, 0.4) is 0 Å². The molecule has 2 heterocycles. The fourth-order valence-corrected chi connectivity index (χ4v) is 3.14. The lowest BCUT2D eigenvalue weighted by Crippen LogP contribution is -2.53. The molecule has 124 valence electrons. The lowest BCUT2D eigenvalue weighted by Gasteiger charge is -2.40. The molecule has 1 saturated heterocycles. The van der Waals surface area contributed by atoms with Crippen molar-refractivity contribution >= 4 is 0 Å². The van der Waals surface area contributed by atoms with Crippen LogP contribution in [0.15, 0.2) is 4.52 Å². The SMILES string of the molecule is CCOCCN1CCN(Cc2nc(C3CC3)no2)C[C@H]1CC. The maximum absolute atomic E-state index is 5.49. The molecule has 3 rings (SSSR count). The van der Waals surface area contributed by atoms with Gasteiger partial charge in [0.25, 0.3) is 0 Å². The van der Waals surface area contributed by atoms with Gasteiger partial charge in [-0.25, -0.2) is 0 Å². The molecule has 0 aromatic carbocycles. The maximum atomic E-state index is 5.49. The molecule has 6 heteroatoms. The van der Waals surface area contributed by atoms with Gasteiger partial charge in [0.15, 0.2) is 5.82 Å². The highest BCUT2D eigenvalue weighted by molar-refractivity contribution is 5.03. The first-order chi connectivity index (χ1) is 10.8. The summed E-state index contributed by atoms with van der Waals surface area (Å²) in [6.45, 7) is 11.0. The maximum Gasteiger partial charge on any atom is 0.240 e. The predicted octanol–water partition coefficient (Wildman–Crippen LogP) is 1.88. The molecule has 0 amide bonds. The van der Waals surface area contributed by atoms with E-state index >= 15 is 0 Å². The third-order valence-corrected chi connectivity index (χ3v) is 4.67. The molecule has 2 fully saturated rings. The fraction of sp³-hybridized carbons (Fsp3) is 0.875. The molecule has 22 heavy (non-hydrogen) atoms. The van der Waals surface area contributed by atoms with Crippen LogP contribution in [0.1, 0.15) is 50.7 Å². The third-order valence-electron chi connectivity index (χ3n) is 4.67. The van der Waals surface area contributed by atoms with Gasteiger partial charge in [-0.15, -0.1) is 0 Å². The van der Waals surface area contributed by atoms with E-state index in [0.717, 1.165) is 57.7 Å². The number of piperazine rings is 1. The van der Waals surface area contributed by atoms with Crippen LogP contribution in [0, 0.1) is 0 Å². The van der Waals surface area contributed by atoms with E-state index in [9.17, 15) is 0 Å². The molecule has 1 atom stereocenters. The molecule has 0 N–H and O–H groups in total. The van der Waals surface area contributed by atoms with E-state index in [-0.39, 0.29) is 0 Å². The molecular weight excluding hydrogens is 280 g/mol. The van der Waals surface area contributed by atoms with Crippen molar-refractivity contribution in [3.8, 4) is 0 Å². The van der Waals surface area contributed by atoms with Gasteiger partial charge >= 0.3 is 0 Å². The minimum Gasteiger partial charge on any atom is -0.380 e. The number of ether oxygens (including phenoxy) is 1. The molecule has 1 aromatic heterocycles. The van der Waals surface area contributed by atoms with Crippen LogP contribution in [-0.2, 0) is 11.3 Å². The molecule has 0 bridgehead atoms. The largest absolute Gasteiger partial charge is 0.380 e. The summed E-state index contributed by atoms with van der Waals surface area (Å²) in [6, 6.07) is 0.597. The van der Waals surface area contributed by atoms with Crippen molar-refractivity contribution < 1.29 is 9.26 Å². The van der Waals surface area contributed by atoms with Gasteiger partial charge in [0.2, 0.25) is 5.89 Å². The van der Waals surface area contributed by atoms with Gasteiger partial charge in [0.05, 0.1) is 13.2 Å². The van der Waals surface area contributed by atoms with Gasteiger partial charge in [-0.1, -0.05) is 12.1 Å². The quantitative estimate of drug-likeness (QED) is 0.684. The summed E-state index contributed by atoms with van der Waals surface area (Å²) in [4.78, 5) is 9.54. The van der Waals surface area contributed by atoms with Crippen LogP contribution in [-0.4, -0.2) is 65.4 Å². The van der Waals surface area contributed by atoms with E-state index in [1.165, 1.54) is 19.3 Å². The number of hydrogen-bond donors (Lipinski definition) is 0. The van der Waals surface area contributed by atoms with Gasteiger partial charge in [0, 0.05) is 44.7 Å². The van der Waals surface area contributed by atoms with E-state index in [2.05, 4.69) is 33.8 Å². The molecule has 1 aliphatic carbocycles. The van der Waals surface area contributed by atoms with Gasteiger partial charge in [-0.05, 0) is 26.2 Å². The van der Waals surface area contributed by atoms with Crippen LogP contribution < -0.4 is 0 Å². The summed E-state index contributed by atoms with van der Waals surface area (Å²) in [7, 11) is 0. The summed E-state index contributed by atoms with van der Waals surface area (Å²) >= 11 is 0. The van der Waals surface area contributed by atoms with Crippen LogP contribution in [0.25, 0.3) is 0 Å². The second-order valence-electron chi connectivity index (χ2n) is 6.35. The molecule has 0 spiro atoms. The van der Waals surface area contributed by atoms with Crippen LogP contribution in [0.4, 0.5) is 0 Å². The second-order valence-corrected chi connectivity index (χ2v) is 6.35. The van der Waals surface area contributed by atoms with E-state index in [1.807, 2.05) is 0 Å². The molecule has 0 unspecified atom stereocenters. The minimum absolute atomic E-state index is 0.566. The second kappa shape index (κ2) is 7.53. The van der Waals surface area contributed by atoms with Crippen LogP contribution in [0.5, 0.6) is 0 Å². The fourth-order valence-electron chi connectivity index (χ4n) is 3.14. The Hall–Kier alpha value is -0.980. The first kappa shape index (κ1) is 15.9. The average molecular weight is 308 g/mol. The lowest BCUT2D eigenvalue weighted by molar-refractivity contribution is 0.0350. The Labute approximate surface area is 132 Å². The Morgan fingerprint density at radius 2 is 2.14 bits per heavy atom. The van der Waals surface area contributed by atoms with Crippen molar-refractivity contribution in [2.24, 2.45) is 0 Å². The lowest BCUT2D eigenvalue weighted by atomic mass is 10.1. The monoisotopic (exact) mass is 308 g/mol. The number of hydrogen-bond acceptors (Lipinski definition) is 6. The van der Waals surface area contributed by atoms with E-state index < -0.39 is 0 Å². The number of aromatic nitrogens is 2. The van der Waals surface area contributed by atoms with Gasteiger partial charge in [0.1, 0.15) is 0 Å². The molecule has 1 saturated carbocycles. The van der Waals surface area contributed by atoms with E-state index in [1.54, 1.807) is 0 Å². The summed E-state index contributed by atoms with van der Waals surface area (Å²) in [6.07, 6.45) is 3.60. The zero-order chi connectivity index (χ0) is 15.4. The van der Waals surface area contributed by atoms with E-state index in [0.29, 0.717) is 12.0 Å². The zero-order valence-electron chi connectivity index (χ0n) is 13.8. The van der Waals surface area contributed by atoms with Crippen molar-refractivity contribution in [1.82, 2.24) is 19.9 Å². The highest BCUT2D eigenvalue weighted by Gasteiger charge is 2.30. The van der Waals surface area contributed by atoms with Crippen molar-refractivity contribution in [2.45, 2.75) is 51.6 Å². The first-order valence-electron chi connectivity index (χ1n) is 8.66. The van der Waals surface area contributed by atoms with Crippen LogP contribution in [0.2, 0.25) is 0 Å². The van der Waals surface area contributed by atoms with Crippen molar-refractivity contribution in [2.75, 3.05) is 39.4 Å². The molecular formula is C16H28N4O2. The average Bonchev–Trinajstić information content (AvgIpc) is 3.29. The highest BCUT2D eigenvalue weighted by atomic mass is 16.5. The Morgan fingerprint density at radius 3 is 2.86 bits per heavy atom. The summed E-state index contributed by atoms with van der Waals surface area (Å²) in [5, 5.41) is 4.11. The predicted molar refractivity (Wildman–Crippen MR) is 83.7 cm³/mol. The molecule has 1 aromatic rings. The van der Waals surface area contributed by atoms with Crippen LogP contribution >= 0.6 is 0 Å². The normalized spacial score (nSPS) is 24.0. The Bertz CT molecular complexity index is 461. The molecule has 1 aliphatic heterocycles. The molecule has 0 radical (unpaired) electrons. The first-order valence-corrected chi connectivity index (χ1v) is 8.66. The van der Waals surface area contributed by atoms with Crippen molar-refractivity contribution in [3.63, 3.8) is 0 Å². The Kier molecular flexibility index (Phi) is 5.44. The molecule has 2 aliphatic rings. The smallest absolute Gasteiger partial charge is 0.240 e. The van der Waals surface area contributed by atoms with Crippen molar-refractivity contribution in [1.29, 1.82) is 0 Å². The number of rotatable bonds is 8. The standard InChI is InChI=1S/C16H28N4O2/c1-3-14-11-19(7-8-20(14)9-10-21-4-2)12-15-17-16(18-22-15)13-5-6-13/h13-14H,3-12H2,1-2H3/t14-/m1/s1.